The highest BCUT2D eigenvalue weighted by Crippen LogP contribution is 2.25. The third-order valence-corrected chi connectivity index (χ3v) is 2.43. The molecule has 14 heavy (non-hydrogen) atoms. The lowest BCUT2D eigenvalue weighted by Gasteiger charge is -2.23. The van der Waals surface area contributed by atoms with Gasteiger partial charge >= 0.3 is 0 Å². The number of nitrogens with one attached hydrogen (secondary N) is 1. The van der Waals surface area contributed by atoms with Crippen LogP contribution in [0.5, 0.6) is 0 Å². The second-order valence-corrected chi connectivity index (χ2v) is 3.25. The van der Waals surface area contributed by atoms with E-state index in [4.69, 9.17) is 0 Å². The van der Waals surface area contributed by atoms with Crippen molar-refractivity contribution in [2.24, 2.45) is 0 Å². The van der Waals surface area contributed by atoms with Crippen molar-refractivity contribution in [1.82, 2.24) is 5.32 Å². The van der Waals surface area contributed by atoms with Gasteiger partial charge in [0.05, 0.1) is 6.04 Å². The van der Waals surface area contributed by atoms with Gasteiger partial charge in [0, 0.05) is 12.1 Å². The van der Waals surface area contributed by atoms with Crippen LogP contribution in [0.15, 0.2) is 12.1 Å². The Bertz CT molecular complexity index is 379. The largest absolute Gasteiger partial charge is 0.304 e. The topological polar surface area (TPSA) is 29.1 Å². The number of hydrogen-bond acceptors (Lipinski definition) is 2. The van der Waals surface area contributed by atoms with Crippen LogP contribution < -0.4 is 5.32 Å². The Kier molecular flexibility index (Phi) is 2.29. The van der Waals surface area contributed by atoms with Gasteiger partial charge in [-0.05, 0) is 18.1 Å². The van der Waals surface area contributed by atoms with Crippen LogP contribution in [0.4, 0.5) is 8.78 Å². The summed E-state index contributed by atoms with van der Waals surface area (Å²) in [5.74, 6) is -1.81. The lowest BCUT2D eigenvalue weighted by molar-refractivity contribution is -0.109. The van der Waals surface area contributed by atoms with E-state index < -0.39 is 17.7 Å². The van der Waals surface area contributed by atoms with Gasteiger partial charge in [0.15, 0.2) is 11.6 Å². The summed E-state index contributed by atoms with van der Waals surface area (Å²) in [4.78, 5) is 10.6. The van der Waals surface area contributed by atoms with Crippen LogP contribution in [0.2, 0.25) is 0 Å². The molecule has 0 radical (unpaired) electrons. The lowest BCUT2D eigenvalue weighted by Crippen LogP contribution is -2.32. The van der Waals surface area contributed by atoms with Crippen molar-refractivity contribution in [2.75, 3.05) is 6.54 Å². The second kappa shape index (κ2) is 3.46. The number of fused-ring (bicyclic) bond motifs is 1. The van der Waals surface area contributed by atoms with E-state index in [2.05, 4.69) is 5.32 Å². The molecule has 2 nitrogen and oxygen atoms in total. The van der Waals surface area contributed by atoms with Gasteiger partial charge in [0.25, 0.3) is 0 Å². The number of rotatable bonds is 1. The van der Waals surface area contributed by atoms with Crippen molar-refractivity contribution in [3.05, 3.63) is 34.9 Å². The molecule has 0 aromatic heterocycles. The quantitative estimate of drug-likeness (QED) is 0.688. The van der Waals surface area contributed by atoms with Gasteiger partial charge in [0.1, 0.15) is 6.29 Å². The Morgan fingerprint density at radius 2 is 2.21 bits per heavy atom. The summed E-state index contributed by atoms with van der Waals surface area (Å²) in [6.45, 7) is 0.613. The average molecular weight is 197 g/mol. The first-order valence-corrected chi connectivity index (χ1v) is 4.39. The number of hydrogen-bond donors (Lipinski definition) is 1. The number of carbonyl (C=O) groups excluding carboxylic acids is 1. The Labute approximate surface area is 79.9 Å². The SMILES string of the molecule is O=CC1NCCc2ccc(F)c(F)c21. The normalized spacial score (nSPS) is 20.3. The first-order chi connectivity index (χ1) is 6.74. The maximum absolute atomic E-state index is 13.3. The molecule has 4 heteroatoms. The fraction of sp³-hybridized carbons (Fsp3) is 0.300. The first kappa shape index (κ1) is 9.27. The van der Waals surface area contributed by atoms with Crippen molar-refractivity contribution >= 4 is 6.29 Å². The van der Waals surface area contributed by atoms with Gasteiger partial charge in [-0.2, -0.15) is 0 Å². The first-order valence-electron chi connectivity index (χ1n) is 4.39. The minimum atomic E-state index is -0.910. The Hall–Kier alpha value is -1.29. The summed E-state index contributed by atoms with van der Waals surface area (Å²) in [5.41, 5.74) is 0.867. The zero-order valence-electron chi connectivity index (χ0n) is 7.39. The van der Waals surface area contributed by atoms with E-state index in [1.165, 1.54) is 6.07 Å². The highest BCUT2D eigenvalue weighted by Gasteiger charge is 2.24. The Balaban J connectivity index is 2.58. The molecule has 0 saturated heterocycles. The van der Waals surface area contributed by atoms with Crippen LogP contribution in [-0.2, 0) is 11.2 Å². The molecule has 0 fully saturated rings. The van der Waals surface area contributed by atoms with Crippen LogP contribution in [0.1, 0.15) is 17.2 Å². The maximum atomic E-state index is 13.3. The van der Waals surface area contributed by atoms with Gasteiger partial charge < -0.3 is 10.1 Å². The summed E-state index contributed by atoms with van der Waals surface area (Å²) in [7, 11) is 0. The van der Waals surface area contributed by atoms with Gasteiger partial charge in [-0.3, -0.25) is 0 Å². The van der Waals surface area contributed by atoms with E-state index in [0.717, 1.165) is 6.07 Å². The molecule has 0 amide bonds. The molecule has 0 bridgehead atoms. The van der Waals surface area contributed by atoms with E-state index >= 15 is 0 Å². The summed E-state index contributed by atoms with van der Waals surface area (Å²) in [6, 6.07) is 1.92. The predicted octanol–water partition coefficient (Wildman–Crippen LogP) is 1.35. The molecule has 1 aromatic rings. The summed E-state index contributed by atoms with van der Waals surface area (Å²) < 4.78 is 26.2. The fourth-order valence-corrected chi connectivity index (χ4v) is 1.74. The van der Waals surface area contributed by atoms with E-state index in [0.29, 0.717) is 24.8 Å². The number of carbonyl (C=O) groups is 1. The van der Waals surface area contributed by atoms with E-state index in [1.807, 2.05) is 0 Å². The van der Waals surface area contributed by atoms with Crippen LogP contribution in [0.25, 0.3) is 0 Å². The molecule has 1 unspecified atom stereocenters. The molecule has 1 N–H and O–H groups in total. The standard InChI is InChI=1S/C10H9F2NO/c11-7-2-1-6-3-4-13-8(5-14)9(6)10(7)12/h1-2,5,8,13H,3-4H2. The fourth-order valence-electron chi connectivity index (χ4n) is 1.74. The predicted molar refractivity (Wildman–Crippen MR) is 46.9 cm³/mol. The van der Waals surface area contributed by atoms with Gasteiger partial charge in [-0.15, -0.1) is 0 Å². The zero-order valence-corrected chi connectivity index (χ0v) is 7.39. The molecular formula is C10H9F2NO. The summed E-state index contributed by atoms with van der Waals surface area (Å²) in [5, 5.41) is 2.82. The highest BCUT2D eigenvalue weighted by atomic mass is 19.2. The van der Waals surface area contributed by atoms with E-state index in [-0.39, 0.29) is 5.56 Å². The van der Waals surface area contributed by atoms with Crippen LogP contribution >= 0.6 is 0 Å². The molecule has 1 aliphatic rings. The van der Waals surface area contributed by atoms with Crippen molar-refractivity contribution in [1.29, 1.82) is 0 Å². The Morgan fingerprint density at radius 1 is 1.43 bits per heavy atom. The monoisotopic (exact) mass is 197 g/mol. The van der Waals surface area contributed by atoms with Crippen molar-refractivity contribution in [2.45, 2.75) is 12.5 Å². The molecule has 0 aliphatic carbocycles. The van der Waals surface area contributed by atoms with Crippen molar-refractivity contribution in [3.63, 3.8) is 0 Å². The summed E-state index contributed by atoms with van der Waals surface area (Å²) in [6.07, 6.45) is 1.22. The molecule has 0 spiro atoms. The van der Waals surface area contributed by atoms with E-state index in [9.17, 15) is 13.6 Å². The summed E-state index contributed by atoms with van der Waals surface area (Å²) >= 11 is 0. The molecule has 2 rings (SSSR count). The maximum Gasteiger partial charge on any atom is 0.164 e. The smallest absolute Gasteiger partial charge is 0.164 e. The second-order valence-electron chi connectivity index (χ2n) is 3.25. The molecule has 74 valence electrons. The molecule has 1 aliphatic heterocycles. The van der Waals surface area contributed by atoms with Crippen molar-refractivity contribution < 1.29 is 13.6 Å². The minimum absolute atomic E-state index is 0.159. The molecule has 0 saturated carbocycles. The van der Waals surface area contributed by atoms with Crippen LogP contribution in [0, 0.1) is 11.6 Å². The average Bonchev–Trinajstić information content (AvgIpc) is 2.23. The number of halogens is 2. The Morgan fingerprint density at radius 3 is 2.93 bits per heavy atom. The molecule has 1 heterocycles. The van der Waals surface area contributed by atoms with Gasteiger partial charge in [-0.1, -0.05) is 6.07 Å². The lowest BCUT2D eigenvalue weighted by atomic mass is 9.94. The minimum Gasteiger partial charge on any atom is -0.304 e. The van der Waals surface area contributed by atoms with Crippen LogP contribution in [-0.4, -0.2) is 12.8 Å². The highest BCUT2D eigenvalue weighted by molar-refractivity contribution is 5.63. The van der Waals surface area contributed by atoms with Gasteiger partial charge in [-0.25, -0.2) is 8.78 Å². The van der Waals surface area contributed by atoms with Crippen LogP contribution in [0.3, 0.4) is 0 Å². The molecular weight excluding hydrogens is 188 g/mol. The van der Waals surface area contributed by atoms with Gasteiger partial charge in [0.2, 0.25) is 0 Å². The van der Waals surface area contributed by atoms with E-state index in [1.54, 1.807) is 0 Å². The third-order valence-electron chi connectivity index (χ3n) is 2.43. The number of benzene rings is 1. The zero-order chi connectivity index (χ0) is 10.1. The molecule has 1 atom stereocenters. The van der Waals surface area contributed by atoms with Crippen molar-refractivity contribution in [3.8, 4) is 0 Å². The number of aldehydes is 1. The molecule has 1 aromatic carbocycles. The third kappa shape index (κ3) is 1.32.